The summed E-state index contributed by atoms with van der Waals surface area (Å²) in [7, 11) is -4.13. The van der Waals surface area contributed by atoms with Gasteiger partial charge in [-0.25, -0.2) is 32.8 Å². The molecule has 0 aliphatic heterocycles. The van der Waals surface area contributed by atoms with Crippen molar-refractivity contribution in [3.63, 3.8) is 0 Å². The zero-order valence-electron chi connectivity index (χ0n) is 30.9. The van der Waals surface area contributed by atoms with Gasteiger partial charge in [-0.05, 0) is 68.3 Å². The zero-order chi connectivity index (χ0) is 40.0. The van der Waals surface area contributed by atoms with E-state index in [1.807, 2.05) is 13.8 Å². The van der Waals surface area contributed by atoms with Crippen LogP contribution in [0.2, 0.25) is 0 Å². The van der Waals surface area contributed by atoms with Gasteiger partial charge in [-0.15, -0.1) is 0 Å². The highest BCUT2D eigenvalue weighted by Gasteiger charge is 2.29. The van der Waals surface area contributed by atoms with Crippen LogP contribution in [0.5, 0.6) is 0 Å². The molecule has 17 nitrogen and oxygen atoms in total. The smallest absolute Gasteiger partial charge is 0.334 e. The van der Waals surface area contributed by atoms with Crippen molar-refractivity contribution in [3.05, 3.63) is 70.3 Å². The number of carbonyl (C=O) groups is 5. The average molecular weight is 824 g/mol. The number of hydrogen-bond acceptors (Lipinski definition) is 14. The third-order valence-corrected chi connectivity index (χ3v) is 11.6. The molecule has 0 spiro atoms. The highest BCUT2D eigenvalue weighted by Crippen LogP contribution is 2.32. The Kier molecular flexibility index (Phi) is 12.8. The minimum absolute atomic E-state index is 0.00668. The molecule has 0 bridgehead atoms. The van der Waals surface area contributed by atoms with Gasteiger partial charge in [0, 0.05) is 46.0 Å². The van der Waals surface area contributed by atoms with Gasteiger partial charge in [0.05, 0.1) is 17.6 Å². The highest BCUT2D eigenvalue weighted by atomic mass is 32.2. The van der Waals surface area contributed by atoms with Gasteiger partial charge in [-0.3, -0.25) is 20.2 Å². The summed E-state index contributed by atoms with van der Waals surface area (Å²) in [6, 6.07) is 9.08. The number of Topliss-reactive ketones (excluding diaryl/α,β-unsaturated/α-hetero) is 2. The van der Waals surface area contributed by atoms with E-state index in [1.54, 1.807) is 36.4 Å². The standard InChI is InChI=1S/C36H41N9O8S3/c1-20-12-14-26(24(16-20)31(47)22-8-4-5-9-22)37-33(49)41-35-39-28(43-54-35)18-30(46)53-45(56(3,51)52)19-29-40-36(55-44-29)42-34(50)38-27-15-13-21(2)17-25(27)32(48)23-10-6-7-11-23/h12-17,22-23H,4-11,18-19H2,1-3H3,(H2,37,39,41,43,49)(H2,38,40,42,44,50). The molecule has 2 aliphatic rings. The lowest BCUT2D eigenvalue weighted by Crippen LogP contribution is -2.33. The maximum absolute atomic E-state index is 13.2. The second-order valence-electron chi connectivity index (χ2n) is 13.8. The molecule has 6 rings (SSSR count). The Morgan fingerprint density at radius 3 is 1.62 bits per heavy atom. The van der Waals surface area contributed by atoms with Gasteiger partial charge < -0.3 is 15.5 Å². The lowest BCUT2D eigenvalue weighted by atomic mass is 9.94. The van der Waals surface area contributed by atoms with Gasteiger partial charge in [-0.2, -0.15) is 8.75 Å². The van der Waals surface area contributed by atoms with Crippen molar-refractivity contribution in [1.82, 2.24) is 23.2 Å². The highest BCUT2D eigenvalue weighted by molar-refractivity contribution is 7.88. The Hall–Kier alpha value is -5.18. The quantitative estimate of drug-likeness (QED) is 0.0788. The summed E-state index contributed by atoms with van der Waals surface area (Å²) in [4.78, 5) is 78.3. The number of benzene rings is 2. The Bertz CT molecular complexity index is 2250. The van der Waals surface area contributed by atoms with Crippen molar-refractivity contribution in [2.24, 2.45) is 11.8 Å². The number of aryl methyl sites for hydroxylation is 2. The Morgan fingerprint density at radius 1 is 0.714 bits per heavy atom. The molecule has 0 unspecified atom stereocenters. The fraction of sp³-hybridized carbons (Fsp3) is 0.417. The first-order valence-electron chi connectivity index (χ1n) is 18.0. The van der Waals surface area contributed by atoms with E-state index < -0.39 is 41.0 Å². The number of hydroxylamine groups is 1. The molecule has 20 heteroatoms. The summed E-state index contributed by atoms with van der Waals surface area (Å²) in [5, 5.41) is 10.6. The summed E-state index contributed by atoms with van der Waals surface area (Å²) in [6.07, 6.45) is 7.53. The lowest BCUT2D eigenvalue weighted by molar-refractivity contribution is -0.170. The number of carbonyl (C=O) groups excluding carboxylic acids is 5. The van der Waals surface area contributed by atoms with Crippen LogP contribution in [0.3, 0.4) is 0 Å². The normalized spacial score (nSPS) is 14.8. The van der Waals surface area contributed by atoms with Crippen LogP contribution in [0.4, 0.5) is 31.2 Å². The molecule has 0 saturated heterocycles. The maximum atomic E-state index is 13.2. The van der Waals surface area contributed by atoms with E-state index >= 15 is 0 Å². The van der Waals surface area contributed by atoms with Gasteiger partial charge in [-0.1, -0.05) is 48.9 Å². The lowest BCUT2D eigenvalue weighted by Gasteiger charge is -2.16. The van der Waals surface area contributed by atoms with Crippen molar-refractivity contribution < 1.29 is 37.2 Å². The molecule has 4 aromatic rings. The predicted octanol–water partition coefficient (Wildman–Crippen LogP) is 6.50. The van der Waals surface area contributed by atoms with Gasteiger partial charge in [0.2, 0.25) is 20.3 Å². The van der Waals surface area contributed by atoms with Crippen LogP contribution >= 0.6 is 23.1 Å². The molecule has 2 saturated carbocycles. The van der Waals surface area contributed by atoms with E-state index in [2.05, 4.69) is 40.0 Å². The third kappa shape index (κ3) is 10.6. The topological polar surface area (TPSA) is 232 Å². The van der Waals surface area contributed by atoms with Crippen LogP contribution in [0.15, 0.2) is 36.4 Å². The predicted molar refractivity (Wildman–Crippen MR) is 210 cm³/mol. The molecule has 4 N–H and O–H groups in total. The number of hydrogen-bond donors (Lipinski definition) is 4. The fourth-order valence-corrected chi connectivity index (χ4v) is 8.34. The van der Waals surface area contributed by atoms with E-state index in [-0.39, 0.29) is 45.3 Å². The van der Waals surface area contributed by atoms with Crippen molar-refractivity contribution >= 4 is 84.3 Å². The number of nitrogens with one attached hydrogen (secondary N) is 4. The molecule has 4 amide bonds. The minimum Gasteiger partial charge on any atom is -0.352 e. The second-order valence-corrected chi connectivity index (χ2v) is 17.2. The summed E-state index contributed by atoms with van der Waals surface area (Å²) >= 11 is 1.57. The van der Waals surface area contributed by atoms with Crippen molar-refractivity contribution in [1.29, 1.82) is 0 Å². The van der Waals surface area contributed by atoms with E-state index in [0.29, 0.717) is 27.0 Å². The SMILES string of the molecule is Cc1ccc(NC(=O)Nc2nc(CC(=O)ON(Cc3nsc(NC(=O)Nc4ccc(C)cc4C(=O)C4CCCC4)n3)S(C)(=O)=O)ns2)c(C(=O)C2CCCC2)c1. The van der Waals surface area contributed by atoms with E-state index in [9.17, 15) is 32.4 Å². The number of ketones is 2. The molecular weight excluding hydrogens is 783 g/mol. The van der Waals surface area contributed by atoms with Crippen LogP contribution in [0.1, 0.15) is 94.9 Å². The monoisotopic (exact) mass is 823 g/mol. The molecule has 296 valence electrons. The number of aromatic nitrogens is 4. The number of rotatable bonds is 14. The van der Waals surface area contributed by atoms with Crippen molar-refractivity contribution in [3.8, 4) is 0 Å². The van der Waals surface area contributed by atoms with Crippen LogP contribution in [-0.2, 0) is 32.6 Å². The summed E-state index contributed by atoms with van der Waals surface area (Å²) in [5.74, 6) is -1.30. The van der Waals surface area contributed by atoms with E-state index in [0.717, 1.165) is 91.8 Å². The number of nitrogens with zero attached hydrogens (tertiary/aromatic N) is 5. The number of amides is 4. The van der Waals surface area contributed by atoms with E-state index in [1.165, 1.54) is 0 Å². The van der Waals surface area contributed by atoms with Gasteiger partial charge in [0.15, 0.2) is 23.2 Å². The summed E-state index contributed by atoms with van der Waals surface area (Å²) < 4.78 is 33.6. The van der Waals surface area contributed by atoms with E-state index in [4.69, 9.17) is 4.84 Å². The molecule has 0 radical (unpaired) electrons. The Morgan fingerprint density at radius 2 is 1.16 bits per heavy atom. The maximum Gasteiger partial charge on any atom is 0.334 e. The first-order chi connectivity index (χ1) is 26.7. The van der Waals surface area contributed by atoms with Gasteiger partial charge >= 0.3 is 18.0 Å². The van der Waals surface area contributed by atoms with Crippen LogP contribution < -0.4 is 21.3 Å². The Labute approximate surface area is 331 Å². The molecule has 2 fully saturated rings. The molecular formula is C36H41N9O8S3. The first kappa shape index (κ1) is 40.5. The van der Waals surface area contributed by atoms with Crippen molar-refractivity contribution in [2.75, 3.05) is 27.5 Å². The largest absolute Gasteiger partial charge is 0.352 e. The second kappa shape index (κ2) is 17.7. The summed E-state index contributed by atoms with van der Waals surface area (Å²) in [6.45, 7) is 3.17. The molecule has 0 atom stereocenters. The molecule has 56 heavy (non-hydrogen) atoms. The molecule has 2 aromatic heterocycles. The van der Waals surface area contributed by atoms with Gasteiger partial charge in [0.1, 0.15) is 13.0 Å². The molecule has 2 aromatic carbocycles. The minimum atomic E-state index is -4.13. The van der Waals surface area contributed by atoms with Crippen LogP contribution in [-0.4, -0.2) is 67.5 Å². The zero-order valence-corrected chi connectivity index (χ0v) is 33.4. The first-order valence-corrected chi connectivity index (χ1v) is 21.4. The Balaban J connectivity index is 1.02. The van der Waals surface area contributed by atoms with Crippen molar-refractivity contribution in [2.45, 2.75) is 78.2 Å². The molecule has 2 heterocycles. The van der Waals surface area contributed by atoms with Gasteiger partial charge in [0.25, 0.3) is 0 Å². The summed E-state index contributed by atoms with van der Waals surface area (Å²) in [5.41, 5.74) is 3.36. The number of anilines is 4. The average Bonchev–Trinajstić information content (AvgIpc) is 3.98. The number of urea groups is 2. The third-order valence-electron chi connectivity index (χ3n) is 9.35. The molecule has 2 aliphatic carbocycles. The number of sulfonamides is 1. The van der Waals surface area contributed by atoms with Crippen LogP contribution in [0.25, 0.3) is 0 Å². The fourth-order valence-electron chi connectivity index (χ4n) is 6.61. The van der Waals surface area contributed by atoms with Crippen LogP contribution in [0, 0.1) is 25.7 Å².